The summed E-state index contributed by atoms with van der Waals surface area (Å²) in [7, 11) is 0. The standard InChI is InChI=1S/C23H36N2/c1-19-6-5-15-25(18-19)23-13-16-24(17-14-23)22-11-9-21(10-12-22)20-7-3-2-4-8-20/h2-4,7-8,19,21-23H,5-6,9-18H2,1H3/t19-,21?,22?/m1/s1. The van der Waals surface area contributed by atoms with E-state index in [2.05, 4.69) is 47.1 Å². The quantitative estimate of drug-likeness (QED) is 0.771. The van der Waals surface area contributed by atoms with Crippen LogP contribution in [0.3, 0.4) is 0 Å². The van der Waals surface area contributed by atoms with E-state index in [1.54, 1.807) is 5.56 Å². The maximum Gasteiger partial charge on any atom is 0.0120 e. The molecule has 1 aliphatic carbocycles. The predicted molar refractivity (Wildman–Crippen MR) is 106 cm³/mol. The van der Waals surface area contributed by atoms with Gasteiger partial charge in [-0.3, -0.25) is 0 Å². The maximum absolute atomic E-state index is 2.84. The molecule has 25 heavy (non-hydrogen) atoms. The van der Waals surface area contributed by atoms with E-state index >= 15 is 0 Å². The van der Waals surface area contributed by atoms with Crippen molar-refractivity contribution in [2.24, 2.45) is 5.92 Å². The average Bonchev–Trinajstić information content (AvgIpc) is 2.69. The van der Waals surface area contributed by atoms with Crippen molar-refractivity contribution in [2.45, 2.75) is 76.3 Å². The summed E-state index contributed by atoms with van der Waals surface area (Å²) < 4.78 is 0. The van der Waals surface area contributed by atoms with Crippen LogP contribution in [0.4, 0.5) is 0 Å². The lowest BCUT2D eigenvalue weighted by molar-refractivity contribution is 0.0494. The zero-order chi connectivity index (χ0) is 17.1. The summed E-state index contributed by atoms with van der Waals surface area (Å²) in [5.41, 5.74) is 1.57. The summed E-state index contributed by atoms with van der Waals surface area (Å²) in [4.78, 5) is 5.66. The van der Waals surface area contributed by atoms with Gasteiger partial charge < -0.3 is 9.80 Å². The highest BCUT2D eigenvalue weighted by Crippen LogP contribution is 2.36. The first-order valence-corrected chi connectivity index (χ1v) is 10.8. The van der Waals surface area contributed by atoms with Crippen LogP contribution < -0.4 is 0 Å². The number of hydrogen-bond acceptors (Lipinski definition) is 2. The second-order valence-electron chi connectivity index (χ2n) is 8.93. The minimum absolute atomic E-state index is 0.810. The molecule has 0 N–H and O–H groups in total. The van der Waals surface area contributed by atoms with Crippen molar-refractivity contribution in [3.05, 3.63) is 35.9 Å². The molecule has 1 atom stereocenters. The maximum atomic E-state index is 2.84. The molecule has 1 aromatic carbocycles. The van der Waals surface area contributed by atoms with Crippen LogP contribution in [0.5, 0.6) is 0 Å². The Kier molecular flexibility index (Phi) is 5.77. The van der Waals surface area contributed by atoms with Crippen molar-refractivity contribution in [1.82, 2.24) is 9.80 Å². The van der Waals surface area contributed by atoms with E-state index in [0.717, 1.165) is 23.9 Å². The van der Waals surface area contributed by atoms with E-state index in [1.807, 2.05) is 0 Å². The van der Waals surface area contributed by atoms with Crippen molar-refractivity contribution < 1.29 is 0 Å². The Hall–Kier alpha value is -0.860. The summed E-state index contributed by atoms with van der Waals surface area (Å²) in [6.07, 6.45) is 11.3. The van der Waals surface area contributed by atoms with Crippen molar-refractivity contribution in [3.8, 4) is 0 Å². The summed E-state index contributed by atoms with van der Waals surface area (Å²) >= 11 is 0. The Morgan fingerprint density at radius 2 is 1.40 bits per heavy atom. The number of likely N-dealkylation sites (tertiary alicyclic amines) is 2. The van der Waals surface area contributed by atoms with E-state index in [9.17, 15) is 0 Å². The van der Waals surface area contributed by atoms with Crippen LogP contribution in [0.2, 0.25) is 0 Å². The number of hydrogen-bond donors (Lipinski definition) is 0. The topological polar surface area (TPSA) is 6.48 Å². The average molecular weight is 341 g/mol. The highest BCUT2D eigenvalue weighted by molar-refractivity contribution is 5.20. The van der Waals surface area contributed by atoms with E-state index in [0.29, 0.717) is 0 Å². The molecule has 4 rings (SSSR count). The van der Waals surface area contributed by atoms with Gasteiger partial charge in [-0.25, -0.2) is 0 Å². The molecule has 0 unspecified atom stereocenters. The van der Waals surface area contributed by atoms with Crippen LogP contribution in [0.1, 0.15) is 69.8 Å². The van der Waals surface area contributed by atoms with Crippen LogP contribution in [0, 0.1) is 5.92 Å². The first-order valence-electron chi connectivity index (χ1n) is 10.8. The number of benzene rings is 1. The molecule has 138 valence electrons. The molecule has 1 saturated carbocycles. The van der Waals surface area contributed by atoms with Crippen molar-refractivity contribution in [3.63, 3.8) is 0 Å². The van der Waals surface area contributed by atoms with E-state index < -0.39 is 0 Å². The third-order valence-corrected chi connectivity index (χ3v) is 7.19. The van der Waals surface area contributed by atoms with Crippen LogP contribution in [-0.4, -0.2) is 48.1 Å². The lowest BCUT2D eigenvalue weighted by Gasteiger charge is -2.45. The van der Waals surface area contributed by atoms with Gasteiger partial charge in [-0.2, -0.15) is 0 Å². The van der Waals surface area contributed by atoms with E-state index in [4.69, 9.17) is 0 Å². The van der Waals surface area contributed by atoms with Gasteiger partial charge in [0.25, 0.3) is 0 Å². The molecule has 1 aromatic rings. The molecule has 0 bridgehead atoms. The molecule has 2 aliphatic heterocycles. The fourth-order valence-electron chi connectivity index (χ4n) is 5.67. The predicted octanol–water partition coefficient (Wildman–Crippen LogP) is 4.91. The highest BCUT2D eigenvalue weighted by atomic mass is 15.2. The molecular weight excluding hydrogens is 304 g/mol. The van der Waals surface area contributed by atoms with Gasteiger partial charge in [-0.15, -0.1) is 0 Å². The molecule has 0 amide bonds. The molecule has 2 nitrogen and oxygen atoms in total. The van der Waals surface area contributed by atoms with Gasteiger partial charge in [-0.1, -0.05) is 37.3 Å². The van der Waals surface area contributed by atoms with Crippen LogP contribution in [0.15, 0.2) is 30.3 Å². The molecule has 0 aromatic heterocycles. The first-order chi connectivity index (χ1) is 12.3. The van der Waals surface area contributed by atoms with Gasteiger partial charge in [0, 0.05) is 18.6 Å². The Balaban J connectivity index is 1.24. The normalized spacial score (nSPS) is 33.4. The van der Waals surface area contributed by atoms with E-state index in [-0.39, 0.29) is 0 Å². The van der Waals surface area contributed by atoms with Crippen LogP contribution >= 0.6 is 0 Å². The minimum atomic E-state index is 0.810. The van der Waals surface area contributed by atoms with Crippen molar-refractivity contribution in [2.75, 3.05) is 26.2 Å². The third-order valence-electron chi connectivity index (χ3n) is 7.19. The summed E-state index contributed by atoms with van der Waals surface area (Å²) in [6, 6.07) is 12.9. The minimum Gasteiger partial charge on any atom is -0.300 e. The van der Waals surface area contributed by atoms with Gasteiger partial charge in [0.1, 0.15) is 0 Å². The summed E-state index contributed by atoms with van der Waals surface area (Å²) in [5, 5.41) is 0. The summed E-state index contributed by atoms with van der Waals surface area (Å²) in [6.45, 7) is 7.84. The summed E-state index contributed by atoms with van der Waals surface area (Å²) in [5.74, 6) is 1.73. The second kappa shape index (κ2) is 8.22. The zero-order valence-corrected chi connectivity index (χ0v) is 16.1. The molecule has 2 heterocycles. The Bertz CT molecular complexity index is 512. The van der Waals surface area contributed by atoms with Gasteiger partial charge in [0.05, 0.1) is 0 Å². The Labute approximate surface area is 154 Å². The fourth-order valence-corrected chi connectivity index (χ4v) is 5.67. The lowest BCUT2D eigenvalue weighted by atomic mass is 9.80. The fraction of sp³-hybridized carbons (Fsp3) is 0.739. The van der Waals surface area contributed by atoms with Crippen LogP contribution in [0.25, 0.3) is 0 Å². The van der Waals surface area contributed by atoms with Crippen molar-refractivity contribution in [1.29, 1.82) is 0 Å². The molecule has 0 radical (unpaired) electrons. The van der Waals surface area contributed by atoms with Gasteiger partial charge >= 0.3 is 0 Å². The SMILES string of the molecule is C[C@@H]1CCCN(C2CCN(C3CCC(c4ccccc4)CC3)CC2)C1. The first kappa shape index (κ1) is 17.5. The largest absolute Gasteiger partial charge is 0.300 e. The number of piperidine rings is 2. The van der Waals surface area contributed by atoms with Gasteiger partial charge in [0.2, 0.25) is 0 Å². The highest BCUT2D eigenvalue weighted by Gasteiger charge is 2.32. The Morgan fingerprint density at radius 1 is 0.720 bits per heavy atom. The lowest BCUT2D eigenvalue weighted by Crippen LogP contribution is -2.50. The Morgan fingerprint density at radius 3 is 2.08 bits per heavy atom. The van der Waals surface area contributed by atoms with Crippen LogP contribution in [-0.2, 0) is 0 Å². The third kappa shape index (κ3) is 4.28. The molecule has 0 spiro atoms. The smallest absolute Gasteiger partial charge is 0.0120 e. The molecule has 2 saturated heterocycles. The molecular formula is C23H36N2. The van der Waals surface area contributed by atoms with Gasteiger partial charge in [-0.05, 0) is 88.4 Å². The molecule has 2 heteroatoms. The molecule has 3 fully saturated rings. The zero-order valence-electron chi connectivity index (χ0n) is 16.1. The second-order valence-corrected chi connectivity index (χ2v) is 8.93. The van der Waals surface area contributed by atoms with Crippen molar-refractivity contribution >= 4 is 0 Å². The molecule has 3 aliphatic rings. The van der Waals surface area contributed by atoms with Gasteiger partial charge in [0.15, 0.2) is 0 Å². The monoisotopic (exact) mass is 340 g/mol. The van der Waals surface area contributed by atoms with E-state index in [1.165, 1.54) is 77.5 Å². The number of nitrogens with zero attached hydrogens (tertiary/aromatic N) is 2. The number of rotatable bonds is 3.